The van der Waals surface area contributed by atoms with Crippen molar-refractivity contribution in [1.82, 2.24) is 0 Å². The first kappa shape index (κ1) is 19.5. The van der Waals surface area contributed by atoms with E-state index in [4.69, 9.17) is 9.59 Å². The molecule has 26 heavy (non-hydrogen) atoms. The highest BCUT2D eigenvalue weighted by molar-refractivity contribution is 5.71. The fourth-order valence-corrected chi connectivity index (χ4v) is 3.67. The number of anilines is 2. The van der Waals surface area contributed by atoms with Gasteiger partial charge in [0.2, 0.25) is 6.67 Å². The Hall–Kier alpha value is -2.84. The Kier molecular flexibility index (Phi) is 6.01. The molecule has 1 aliphatic heterocycles. The van der Waals surface area contributed by atoms with Gasteiger partial charge < -0.3 is 9.80 Å². The topological polar surface area (TPSA) is 40.6 Å². The zero-order valence-electron chi connectivity index (χ0n) is 16.2. The van der Waals surface area contributed by atoms with Gasteiger partial charge in [-0.05, 0) is 63.8 Å². The summed E-state index contributed by atoms with van der Waals surface area (Å²) in [6, 6.07) is 8.90. The van der Waals surface area contributed by atoms with E-state index < -0.39 is 0 Å². The minimum atomic E-state index is 0.250. The molecule has 0 unspecified atom stereocenters. The van der Waals surface area contributed by atoms with Crippen LogP contribution in [0.3, 0.4) is 0 Å². The van der Waals surface area contributed by atoms with E-state index in [2.05, 4.69) is 94.7 Å². The van der Waals surface area contributed by atoms with Gasteiger partial charge in [-0.3, -0.25) is 0 Å². The third-order valence-corrected chi connectivity index (χ3v) is 4.33. The van der Waals surface area contributed by atoms with Crippen LogP contribution in [0.1, 0.15) is 33.4 Å². The van der Waals surface area contributed by atoms with Crippen molar-refractivity contribution in [2.45, 2.75) is 41.5 Å². The monoisotopic (exact) mass is 348 g/mol. The van der Waals surface area contributed by atoms with Crippen LogP contribution in [0.15, 0.2) is 36.7 Å². The molecule has 1 aliphatic rings. The average molecular weight is 348 g/mol. The van der Waals surface area contributed by atoms with Gasteiger partial charge in [-0.1, -0.05) is 35.4 Å². The molecule has 4 heteroatoms. The maximum Gasteiger partial charge on any atom is 0.373 e. The molecule has 0 aliphatic carbocycles. The second-order valence-corrected chi connectivity index (χ2v) is 6.72. The van der Waals surface area contributed by atoms with Crippen LogP contribution in [0.25, 0.3) is 0 Å². The van der Waals surface area contributed by atoms with Crippen LogP contribution in [-0.4, -0.2) is 6.15 Å². The first-order chi connectivity index (χ1) is 12.3. The van der Waals surface area contributed by atoms with Crippen molar-refractivity contribution in [2.24, 2.45) is 0 Å². The lowest BCUT2D eigenvalue weighted by atomic mass is 10.0. The molecule has 0 aromatic heterocycles. The molecule has 0 N–H and O–H groups in total. The molecule has 4 nitrogen and oxygen atoms in total. The van der Waals surface area contributed by atoms with Crippen molar-refractivity contribution in [2.75, 3.05) is 9.80 Å². The number of hydrogen-bond acceptors (Lipinski definition) is 4. The maximum atomic E-state index is 8.12. The second-order valence-electron chi connectivity index (χ2n) is 6.72. The summed E-state index contributed by atoms with van der Waals surface area (Å²) >= 11 is 0. The van der Waals surface area contributed by atoms with Gasteiger partial charge in [-0.2, -0.15) is 9.59 Å². The van der Waals surface area contributed by atoms with Crippen molar-refractivity contribution in [1.29, 1.82) is 0 Å². The zero-order chi connectivity index (χ0) is 19.4. The second kappa shape index (κ2) is 8.03. The molecule has 134 valence electrons. The van der Waals surface area contributed by atoms with E-state index in [0.29, 0.717) is 0 Å². The van der Waals surface area contributed by atoms with Crippen molar-refractivity contribution < 1.29 is 9.59 Å². The summed E-state index contributed by atoms with van der Waals surface area (Å²) in [6.07, 6.45) is 4.42. The average Bonchev–Trinajstić information content (AvgIpc) is 2.95. The molecule has 0 spiro atoms. The third-order valence-electron chi connectivity index (χ3n) is 4.33. The molecule has 0 atom stereocenters. The van der Waals surface area contributed by atoms with E-state index in [1.165, 1.54) is 44.8 Å². The van der Waals surface area contributed by atoms with Crippen LogP contribution >= 0.6 is 0 Å². The van der Waals surface area contributed by atoms with E-state index >= 15 is 0 Å². The minimum absolute atomic E-state index is 0.250. The van der Waals surface area contributed by atoms with Gasteiger partial charge in [0.25, 0.3) is 0 Å². The van der Waals surface area contributed by atoms with Gasteiger partial charge in [0, 0.05) is 23.8 Å². The Morgan fingerprint density at radius 1 is 0.654 bits per heavy atom. The van der Waals surface area contributed by atoms with Crippen molar-refractivity contribution in [3.05, 3.63) is 76.7 Å². The fraction of sp³-hybridized carbons (Fsp3) is 0.273. The SMILES string of the molecule is Cc1cc(C)c(N2[C]N(c3c(C)cc(C)cc3C)C=C2)c(C)c1.O=C=O. The maximum absolute atomic E-state index is 8.12. The summed E-state index contributed by atoms with van der Waals surface area (Å²) in [4.78, 5) is 20.5. The van der Waals surface area contributed by atoms with E-state index in [1.807, 2.05) is 0 Å². The van der Waals surface area contributed by atoms with E-state index in [-0.39, 0.29) is 6.15 Å². The van der Waals surface area contributed by atoms with Crippen LogP contribution in [0, 0.1) is 48.2 Å². The zero-order valence-corrected chi connectivity index (χ0v) is 16.2. The molecule has 2 radical (unpaired) electrons. The Labute approximate surface area is 155 Å². The van der Waals surface area contributed by atoms with Crippen LogP contribution in [-0.2, 0) is 9.59 Å². The van der Waals surface area contributed by atoms with Crippen LogP contribution in [0.4, 0.5) is 11.4 Å². The number of benzene rings is 2. The van der Waals surface area contributed by atoms with E-state index in [9.17, 15) is 0 Å². The van der Waals surface area contributed by atoms with Gasteiger partial charge >= 0.3 is 6.15 Å². The largest absolute Gasteiger partial charge is 0.373 e. The first-order valence-electron chi connectivity index (χ1n) is 8.46. The molecule has 2 aromatic rings. The predicted octanol–water partition coefficient (Wildman–Crippen LogP) is 4.75. The Bertz CT molecular complexity index is 766. The van der Waals surface area contributed by atoms with Crippen LogP contribution < -0.4 is 9.80 Å². The molecule has 0 bridgehead atoms. The van der Waals surface area contributed by atoms with Gasteiger partial charge in [0.15, 0.2) is 0 Å². The lowest BCUT2D eigenvalue weighted by molar-refractivity contribution is -0.191. The Morgan fingerprint density at radius 2 is 0.923 bits per heavy atom. The van der Waals surface area contributed by atoms with E-state index in [0.717, 1.165) is 0 Å². The molecule has 0 saturated heterocycles. The van der Waals surface area contributed by atoms with Crippen molar-refractivity contribution >= 4 is 17.5 Å². The highest BCUT2D eigenvalue weighted by Crippen LogP contribution is 2.35. The minimum Gasteiger partial charge on any atom is -0.315 e. The lowest BCUT2D eigenvalue weighted by Crippen LogP contribution is -2.21. The molecular weight excluding hydrogens is 324 g/mol. The third kappa shape index (κ3) is 4.04. The number of nitrogens with zero attached hydrogens (tertiary/aromatic N) is 2. The summed E-state index contributed by atoms with van der Waals surface area (Å²) in [6.45, 7) is 16.4. The summed E-state index contributed by atoms with van der Waals surface area (Å²) in [5, 5.41) is 0. The number of rotatable bonds is 2. The molecule has 1 heterocycles. The molecule has 3 rings (SSSR count). The molecular formula is C22H24N2O2. The first-order valence-corrected chi connectivity index (χ1v) is 8.46. The van der Waals surface area contributed by atoms with E-state index in [1.54, 1.807) is 0 Å². The van der Waals surface area contributed by atoms with Gasteiger partial charge in [-0.25, -0.2) is 0 Å². The van der Waals surface area contributed by atoms with Gasteiger partial charge in [0.1, 0.15) is 0 Å². The summed E-state index contributed by atoms with van der Waals surface area (Å²) < 4.78 is 0. The highest BCUT2D eigenvalue weighted by Gasteiger charge is 2.22. The predicted molar refractivity (Wildman–Crippen MR) is 104 cm³/mol. The summed E-state index contributed by atoms with van der Waals surface area (Å²) in [7, 11) is 0. The smallest absolute Gasteiger partial charge is 0.315 e. The summed E-state index contributed by atoms with van der Waals surface area (Å²) in [5.74, 6) is 0. The lowest BCUT2D eigenvalue weighted by Gasteiger charge is -2.25. The number of aryl methyl sites for hydroxylation is 6. The quantitative estimate of drug-likeness (QED) is 0.785. The van der Waals surface area contributed by atoms with Crippen molar-refractivity contribution in [3.63, 3.8) is 0 Å². The van der Waals surface area contributed by atoms with Gasteiger partial charge in [-0.15, -0.1) is 0 Å². The number of carbonyl (C=O) groups excluding carboxylic acids is 2. The van der Waals surface area contributed by atoms with Gasteiger partial charge in [0.05, 0.1) is 0 Å². The molecule has 0 fully saturated rings. The molecule has 2 aromatic carbocycles. The highest BCUT2D eigenvalue weighted by atomic mass is 16.2. The number of hydrogen-bond donors (Lipinski definition) is 0. The molecule has 0 amide bonds. The van der Waals surface area contributed by atoms with Crippen molar-refractivity contribution in [3.8, 4) is 0 Å². The van der Waals surface area contributed by atoms with Crippen LogP contribution in [0.2, 0.25) is 0 Å². The standard InChI is InChI=1S/C21H24N2.CO2/c1-14-9-16(3)20(17(4)10-14)22-7-8-23(13-22)21-18(5)11-15(2)12-19(21)6;2-1-3/h7-12H,1-6H3;. The molecule has 0 saturated carbocycles. The summed E-state index contributed by atoms with van der Waals surface area (Å²) in [5.41, 5.74) is 10.1. The Morgan fingerprint density at radius 3 is 1.19 bits per heavy atom. The Balaban J connectivity index is 0.000000758. The normalized spacial score (nSPS) is 12.7. The van der Waals surface area contributed by atoms with Crippen LogP contribution in [0.5, 0.6) is 0 Å². The fourth-order valence-electron chi connectivity index (χ4n) is 3.67.